The van der Waals surface area contributed by atoms with E-state index in [4.69, 9.17) is 16.3 Å². The van der Waals surface area contributed by atoms with Crippen LogP contribution in [-0.2, 0) is 28.7 Å². The average Bonchev–Trinajstić information content (AvgIpc) is 3.30. The van der Waals surface area contributed by atoms with Crippen LogP contribution in [0.15, 0.2) is 30.5 Å². The highest BCUT2D eigenvalue weighted by molar-refractivity contribution is 6.32. The molecule has 7 nitrogen and oxygen atoms in total. The molecule has 1 aromatic carbocycles. The number of anilines is 1. The minimum absolute atomic E-state index is 0.0415. The molecular weight excluding hydrogens is 466 g/mol. The molecule has 0 saturated carbocycles. The maximum Gasteiger partial charge on any atom is 0.436 e. The highest BCUT2D eigenvalue weighted by Crippen LogP contribution is 2.36. The van der Waals surface area contributed by atoms with Gasteiger partial charge in [0.05, 0.1) is 46.6 Å². The Morgan fingerprint density at radius 1 is 1.27 bits per heavy atom. The molecule has 2 aromatic heterocycles. The molecule has 33 heavy (non-hydrogen) atoms. The summed E-state index contributed by atoms with van der Waals surface area (Å²) in [4.78, 5) is 14.8. The molecule has 0 spiro atoms. The van der Waals surface area contributed by atoms with Gasteiger partial charge in [0.1, 0.15) is 12.4 Å². The van der Waals surface area contributed by atoms with Crippen molar-refractivity contribution >= 4 is 23.2 Å². The highest BCUT2D eigenvalue weighted by Gasteiger charge is 2.39. The van der Waals surface area contributed by atoms with Crippen LogP contribution in [0.4, 0.5) is 23.2 Å². The van der Waals surface area contributed by atoms with Gasteiger partial charge in [-0.15, -0.1) is 0 Å². The molecule has 0 fully saturated rings. The van der Waals surface area contributed by atoms with Crippen LogP contribution in [-0.4, -0.2) is 45.2 Å². The van der Waals surface area contributed by atoms with Crippen LogP contribution in [0.1, 0.15) is 23.5 Å². The minimum atomic E-state index is -4.73. The Hall–Kier alpha value is -2.92. The predicted molar refractivity (Wildman–Crippen MR) is 112 cm³/mol. The fraction of sp³-hybridized carbons (Fsp3) is 0.381. The number of hydrogen-bond donors (Lipinski definition) is 0. The van der Waals surface area contributed by atoms with Crippen LogP contribution in [0.5, 0.6) is 0 Å². The number of halogens is 5. The quantitative estimate of drug-likeness (QED) is 0.508. The fourth-order valence-corrected chi connectivity index (χ4v) is 4.23. The van der Waals surface area contributed by atoms with E-state index in [1.165, 1.54) is 37.3 Å². The molecule has 0 bridgehead atoms. The SMILES string of the molecule is COCC1CCc2c(cnn2-c2ccc(F)cc2)N1C(=O)Cn1nc(C(F)(F)F)c(Cl)c1C. The van der Waals surface area contributed by atoms with E-state index in [0.717, 1.165) is 10.4 Å². The lowest BCUT2D eigenvalue weighted by molar-refractivity contribution is -0.141. The van der Waals surface area contributed by atoms with Gasteiger partial charge in [0, 0.05) is 7.11 Å². The monoisotopic (exact) mass is 485 g/mol. The summed E-state index contributed by atoms with van der Waals surface area (Å²) in [6, 6.07) is 5.43. The minimum Gasteiger partial charge on any atom is -0.383 e. The van der Waals surface area contributed by atoms with Gasteiger partial charge in [-0.3, -0.25) is 9.48 Å². The van der Waals surface area contributed by atoms with Gasteiger partial charge in [0.15, 0.2) is 5.69 Å². The summed E-state index contributed by atoms with van der Waals surface area (Å²) in [6.45, 7) is 1.17. The number of amides is 1. The summed E-state index contributed by atoms with van der Waals surface area (Å²) in [5.74, 6) is -0.865. The molecule has 0 radical (unpaired) electrons. The lowest BCUT2D eigenvalue weighted by Gasteiger charge is -2.35. The van der Waals surface area contributed by atoms with Crippen LogP contribution < -0.4 is 4.90 Å². The van der Waals surface area contributed by atoms with Crippen molar-refractivity contribution in [2.75, 3.05) is 18.6 Å². The highest BCUT2D eigenvalue weighted by atomic mass is 35.5. The van der Waals surface area contributed by atoms with Gasteiger partial charge >= 0.3 is 6.18 Å². The molecular formula is C21H20ClF4N5O2. The molecule has 0 N–H and O–H groups in total. The van der Waals surface area contributed by atoms with E-state index < -0.39 is 29.3 Å². The second-order valence-corrected chi connectivity index (χ2v) is 8.06. The lowest BCUT2D eigenvalue weighted by Crippen LogP contribution is -2.47. The smallest absolute Gasteiger partial charge is 0.383 e. The summed E-state index contributed by atoms with van der Waals surface area (Å²) < 4.78 is 60.7. The van der Waals surface area contributed by atoms with E-state index in [1.807, 2.05) is 0 Å². The summed E-state index contributed by atoms with van der Waals surface area (Å²) in [5.41, 5.74) is 0.684. The molecule has 1 aliphatic heterocycles. The Kier molecular flexibility index (Phi) is 6.19. The number of aromatic nitrogens is 4. The van der Waals surface area contributed by atoms with Crippen LogP contribution in [0.2, 0.25) is 5.02 Å². The van der Waals surface area contributed by atoms with Crippen molar-refractivity contribution in [2.45, 2.75) is 38.5 Å². The molecule has 0 aliphatic carbocycles. The molecule has 0 saturated heterocycles. The average molecular weight is 486 g/mol. The van der Waals surface area contributed by atoms with Crippen molar-refractivity contribution in [3.8, 4) is 5.69 Å². The predicted octanol–water partition coefficient (Wildman–Crippen LogP) is 4.18. The van der Waals surface area contributed by atoms with Crippen molar-refractivity contribution in [3.05, 3.63) is 58.4 Å². The van der Waals surface area contributed by atoms with Crippen LogP contribution in [0.3, 0.4) is 0 Å². The molecule has 1 aliphatic rings. The van der Waals surface area contributed by atoms with Crippen molar-refractivity contribution in [2.24, 2.45) is 0 Å². The van der Waals surface area contributed by atoms with Crippen molar-refractivity contribution in [1.82, 2.24) is 19.6 Å². The number of nitrogens with zero attached hydrogens (tertiary/aromatic N) is 5. The van der Waals surface area contributed by atoms with Crippen molar-refractivity contribution in [3.63, 3.8) is 0 Å². The van der Waals surface area contributed by atoms with E-state index in [1.54, 1.807) is 16.8 Å². The van der Waals surface area contributed by atoms with Gasteiger partial charge in [-0.2, -0.15) is 23.4 Å². The van der Waals surface area contributed by atoms with Gasteiger partial charge < -0.3 is 9.64 Å². The topological polar surface area (TPSA) is 65.2 Å². The maximum atomic E-state index is 13.3. The molecule has 176 valence electrons. The van der Waals surface area contributed by atoms with Crippen molar-refractivity contribution < 1.29 is 27.1 Å². The van der Waals surface area contributed by atoms with Gasteiger partial charge in [-0.25, -0.2) is 9.07 Å². The summed E-state index contributed by atoms with van der Waals surface area (Å²) in [7, 11) is 1.51. The summed E-state index contributed by atoms with van der Waals surface area (Å²) in [5, 5.41) is 7.36. The number of ether oxygens (including phenoxy) is 1. The molecule has 1 amide bonds. The molecule has 1 unspecified atom stereocenters. The van der Waals surface area contributed by atoms with Gasteiger partial charge in [0.2, 0.25) is 5.91 Å². The van der Waals surface area contributed by atoms with Crippen LogP contribution >= 0.6 is 11.6 Å². The number of alkyl halides is 3. The number of carbonyl (C=O) groups is 1. The third-order valence-corrected chi connectivity index (χ3v) is 6.02. The molecule has 3 heterocycles. The van der Waals surface area contributed by atoms with Gasteiger partial charge in [0.25, 0.3) is 0 Å². The van der Waals surface area contributed by atoms with E-state index in [0.29, 0.717) is 24.2 Å². The summed E-state index contributed by atoms with van der Waals surface area (Å²) >= 11 is 5.82. The number of methoxy groups -OCH3 is 1. The second kappa shape index (κ2) is 8.79. The molecule has 1 atom stereocenters. The van der Waals surface area contributed by atoms with E-state index in [9.17, 15) is 22.4 Å². The third-order valence-electron chi connectivity index (χ3n) is 5.57. The molecule has 4 rings (SSSR count). The van der Waals surface area contributed by atoms with E-state index >= 15 is 0 Å². The Balaban J connectivity index is 1.69. The number of rotatable bonds is 5. The number of fused-ring (bicyclic) bond motifs is 1. The molecule has 3 aromatic rings. The number of benzene rings is 1. The maximum absolute atomic E-state index is 13.3. The first kappa shape index (κ1) is 23.2. The van der Waals surface area contributed by atoms with Gasteiger partial charge in [-0.1, -0.05) is 11.6 Å². The van der Waals surface area contributed by atoms with E-state index in [-0.39, 0.29) is 24.2 Å². The largest absolute Gasteiger partial charge is 0.436 e. The normalized spacial score (nSPS) is 16.2. The van der Waals surface area contributed by atoms with Crippen molar-refractivity contribution in [1.29, 1.82) is 0 Å². The van der Waals surface area contributed by atoms with E-state index in [2.05, 4.69) is 10.2 Å². The first-order valence-corrected chi connectivity index (χ1v) is 10.4. The first-order chi connectivity index (χ1) is 15.6. The van der Waals surface area contributed by atoms with Gasteiger partial charge in [-0.05, 0) is 44.0 Å². The Labute approximate surface area is 191 Å². The summed E-state index contributed by atoms with van der Waals surface area (Å²) in [6.07, 6.45) is -2.09. The second-order valence-electron chi connectivity index (χ2n) is 7.68. The first-order valence-electron chi connectivity index (χ1n) is 10.1. The zero-order chi connectivity index (χ0) is 23.9. The zero-order valence-corrected chi connectivity index (χ0v) is 18.5. The van der Waals surface area contributed by atoms with Crippen LogP contribution in [0, 0.1) is 12.7 Å². The Morgan fingerprint density at radius 3 is 2.58 bits per heavy atom. The van der Waals surface area contributed by atoms with Crippen LogP contribution in [0.25, 0.3) is 5.69 Å². The number of carbonyl (C=O) groups excluding carboxylic acids is 1. The molecule has 12 heteroatoms. The Bertz CT molecular complexity index is 1170. The number of hydrogen-bond acceptors (Lipinski definition) is 4. The lowest BCUT2D eigenvalue weighted by atomic mass is 10.0. The fourth-order valence-electron chi connectivity index (χ4n) is 3.99. The Morgan fingerprint density at radius 2 is 1.97 bits per heavy atom. The zero-order valence-electron chi connectivity index (χ0n) is 17.7. The standard InChI is InChI=1S/C21H20ClF4N5O2/c1-12-19(22)20(21(24,25)26)28-29(12)10-18(32)30-15(11-33-2)7-8-16-17(30)9-27-31(16)14-5-3-13(23)4-6-14/h3-6,9,15H,7-8,10-11H2,1-2H3. The third kappa shape index (κ3) is 4.34.